The molecule has 3 aromatic rings. The molecule has 0 N–H and O–H groups in total. The average molecular weight is 435 g/mol. The minimum absolute atomic E-state index is 0.0196. The van der Waals surface area contributed by atoms with Gasteiger partial charge >= 0.3 is 11.1 Å². The Labute approximate surface area is 184 Å². The summed E-state index contributed by atoms with van der Waals surface area (Å²) in [6.07, 6.45) is 1.90. The number of rotatable bonds is 5. The molecule has 3 heterocycles. The number of para-hydroxylation sites is 1. The molecule has 0 unspecified atom stereocenters. The number of halogens is 1. The molecule has 0 spiro atoms. The minimum atomic E-state index is -0.486. The third-order valence-corrected chi connectivity index (χ3v) is 7.30. The van der Waals surface area contributed by atoms with Crippen LogP contribution in [-0.2, 0) is 12.5 Å². The quantitative estimate of drug-likeness (QED) is 0.457. The Morgan fingerprint density at radius 2 is 1.88 bits per heavy atom. The first-order valence-electron chi connectivity index (χ1n) is 11.1. The van der Waals surface area contributed by atoms with Crippen LogP contribution in [0, 0.1) is 5.82 Å². The normalized spacial score (nSPS) is 22.3. The Hall–Kier alpha value is -3.06. The van der Waals surface area contributed by atoms with Gasteiger partial charge in [-0.15, -0.1) is 0 Å². The molecule has 2 atom stereocenters. The summed E-state index contributed by atoms with van der Waals surface area (Å²) < 4.78 is 16.3. The molecule has 0 bridgehead atoms. The van der Waals surface area contributed by atoms with Gasteiger partial charge in [-0.3, -0.25) is 19.0 Å². The summed E-state index contributed by atoms with van der Waals surface area (Å²) in [6.45, 7) is 4.53. The van der Waals surface area contributed by atoms with E-state index in [0.717, 1.165) is 42.7 Å². The van der Waals surface area contributed by atoms with E-state index in [1.807, 2.05) is 12.1 Å². The van der Waals surface area contributed by atoms with Gasteiger partial charge in [0.2, 0.25) is 0 Å². The van der Waals surface area contributed by atoms with Crippen molar-refractivity contribution in [2.24, 2.45) is 7.05 Å². The van der Waals surface area contributed by atoms with E-state index in [4.69, 9.17) is 0 Å². The first-order valence-corrected chi connectivity index (χ1v) is 11.1. The first-order chi connectivity index (χ1) is 15.3. The molecule has 1 saturated heterocycles. The highest BCUT2D eigenvalue weighted by Crippen LogP contribution is 2.49. The first kappa shape index (κ1) is 20.8. The van der Waals surface area contributed by atoms with Crippen molar-refractivity contribution < 1.29 is 9.18 Å². The monoisotopic (exact) mass is 435 g/mol. The molecule has 166 valence electrons. The van der Waals surface area contributed by atoms with Gasteiger partial charge in [-0.05, 0) is 55.3 Å². The van der Waals surface area contributed by atoms with E-state index >= 15 is 0 Å². The summed E-state index contributed by atoms with van der Waals surface area (Å²) in [5.74, 6) is -0.326. The van der Waals surface area contributed by atoms with Crippen molar-refractivity contribution in [1.82, 2.24) is 14.0 Å². The lowest BCUT2D eigenvalue weighted by molar-refractivity contribution is 0.0944. The van der Waals surface area contributed by atoms with Crippen LogP contribution in [0.1, 0.15) is 48.1 Å². The van der Waals surface area contributed by atoms with Crippen molar-refractivity contribution in [3.8, 4) is 0 Å². The number of aromatic nitrogens is 2. The van der Waals surface area contributed by atoms with Crippen LogP contribution in [0.2, 0.25) is 0 Å². The van der Waals surface area contributed by atoms with Gasteiger partial charge in [0.15, 0.2) is 5.78 Å². The molecular weight excluding hydrogens is 409 g/mol. The summed E-state index contributed by atoms with van der Waals surface area (Å²) in [5, 5.41) is 0. The third kappa shape index (κ3) is 3.06. The van der Waals surface area contributed by atoms with E-state index < -0.39 is 11.1 Å². The topological polar surface area (TPSA) is 64.3 Å². The van der Waals surface area contributed by atoms with E-state index in [1.165, 1.54) is 28.8 Å². The molecule has 0 radical (unpaired) electrons. The second kappa shape index (κ2) is 7.52. The zero-order chi connectivity index (χ0) is 22.6. The summed E-state index contributed by atoms with van der Waals surface area (Å²) in [4.78, 5) is 40.2. The minimum Gasteiger partial charge on any atom is -0.305 e. The van der Waals surface area contributed by atoms with Gasteiger partial charge in [0.05, 0.1) is 11.0 Å². The van der Waals surface area contributed by atoms with Crippen LogP contribution in [0.3, 0.4) is 0 Å². The van der Waals surface area contributed by atoms with E-state index in [1.54, 1.807) is 11.6 Å². The van der Waals surface area contributed by atoms with Gasteiger partial charge < -0.3 is 9.47 Å². The van der Waals surface area contributed by atoms with Crippen molar-refractivity contribution >= 4 is 16.8 Å². The number of carbonyl (C=O) groups excluding carboxylic acids is 1. The Balaban J connectivity index is 1.35. The lowest BCUT2D eigenvalue weighted by Gasteiger charge is -2.43. The van der Waals surface area contributed by atoms with Crippen molar-refractivity contribution in [3.63, 3.8) is 0 Å². The number of nitrogens with zero attached hydrogens (tertiary/aromatic N) is 3. The number of benzene rings is 2. The predicted molar refractivity (Wildman–Crippen MR) is 121 cm³/mol. The van der Waals surface area contributed by atoms with E-state index in [-0.39, 0.29) is 23.1 Å². The second-order valence-electron chi connectivity index (χ2n) is 9.24. The number of likely N-dealkylation sites (tertiary alicyclic amines) is 1. The van der Waals surface area contributed by atoms with Crippen molar-refractivity contribution in [3.05, 3.63) is 80.1 Å². The number of ketones is 1. The average Bonchev–Trinajstić information content (AvgIpc) is 3.05. The van der Waals surface area contributed by atoms with Crippen LogP contribution in [0.25, 0.3) is 11.0 Å². The number of aryl methyl sites for hydroxylation is 1. The highest BCUT2D eigenvalue weighted by Gasteiger charge is 2.48. The molecule has 2 aliphatic rings. The molecular formula is C25H26FN3O3. The zero-order valence-electron chi connectivity index (χ0n) is 18.3. The fraction of sp³-hybridized carbons (Fsp3) is 0.400. The molecule has 2 aliphatic heterocycles. The summed E-state index contributed by atoms with van der Waals surface area (Å²) in [5.41, 5.74) is 2.11. The van der Waals surface area contributed by atoms with Crippen LogP contribution >= 0.6 is 0 Å². The largest absolute Gasteiger partial charge is 0.317 e. The van der Waals surface area contributed by atoms with Gasteiger partial charge in [0.25, 0.3) is 0 Å². The lowest BCUT2D eigenvalue weighted by Crippen LogP contribution is -2.51. The maximum atomic E-state index is 13.1. The number of hydrogen-bond acceptors (Lipinski definition) is 4. The standard InChI is InChI=1S/C25H26FN3O3/c1-25-15-28(13-4-7-20(30)16-8-10-17(26)11-9-16)14-12-21(25)29-22-18(25)5-3-6-19(22)27(2)23(31)24(29)32/h3,5-6,8-11,21H,4,7,12-15H2,1-2H3/t21-,25-/m0/s1. The summed E-state index contributed by atoms with van der Waals surface area (Å²) >= 11 is 0. The Kier molecular flexibility index (Phi) is 4.89. The summed E-state index contributed by atoms with van der Waals surface area (Å²) in [6, 6.07) is 11.6. The number of hydrogen-bond donors (Lipinski definition) is 0. The van der Waals surface area contributed by atoms with Gasteiger partial charge in [0.1, 0.15) is 5.82 Å². The number of Topliss-reactive ketones (excluding diaryl/α,β-unsaturated/α-hetero) is 1. The van der Waals surface area contributed by atoms with Crippen molar-refractivity contribution in [2.45, 2.75) is 37.6 Å². The van der Waals surface area contributed by atoms with Crippen LogP contribution in [0.5, 0.6) is 0 Å². The number of carbonyl (C=O) groups is 1. The van der Waals surface area contributed by atoms with Gasteiger partial charge in [-0.25, -0.2) is 4.39 Å². The Bertz CT molecular complexity index is 1340. The van der Waals surface area contributed by atoms with E-state index in [2.05, 4.69) is 17.9 Å². The van der Waals surface area contributed by atoms with Crippen LogP contribution in [0.4, 0.5) is 4.39 Å². The molecule has 1 aromatic heterocycles. The molecule has 5 rings (SSSR count). The molecule has 1 fully saturated rings. The predicted octanol–water partition coefficient (Wildman–Crippen LogP) is 3.02. The maximum Gasteiger partial charge on any atom is 0.317 e. The molecule has 7 heteroatoms. The lowest BCUT2D eigenvalue weighted by atomic mass is 9.74. The molecule has 32 heavy (non-hydrogen) atoms. The van der Waals surface area contributed by atoms with Crippen molar-refractivity contribution in [2.75, 3.05) is 19.6 Å². The molecule has 0 aliphatic carbocycles. The third-order valence-electron chi connectivity index (χ3n) is 7.30. The Morgan fingerprint density at radius 1 is 1.12 bits per heavy atom. The maximum absolute atomic E-state index is 13.1. The van der Waals surface area contributed by atoms with Gasteiger partial charge in [-0.2, -0.15) is 0 Å². The highest BCUT2D eigenvalue weighted by atomic mass is 19.1. The van der Waals surface area contributed by atoms with Gasteiger partial charge in [-0.1, -0.05) is 19.1 Å². The molecule has 2 aromatic carbocycles. The van der Waals surface area contributed by atoms with Crippen LogP contribution in [-0.4, -0.2) is 39.5 Å². The zero-order valence-corrected chi connectivity index (χ0v) is 18.3. The SMILES string of the molecule is Cn1c(=O)c(=O)n2c3c(cccc31)[C@]1(C)CN(CCCC(=O)c3ccc(F)cc3)CC[C@H]21. The van der Waals surface area contributed by atoms with Crippen LogP contribution < -0.4 is 11.1 Å². The highest BCUT2D eigenvalue weighted by molar-refractivity contribution is 5.95. The van der Waals surface area contributed by atoms with Crippen molar-refractivity contribution in [1.29, 1.82) is 0 Å². The molecule has 0 saturated carbocycles. The van der Waals surface area contributed by atoms with Gasteiger partial charge in [0, 0.05) is 43.6 Å². The second-order valence-corrected chi connectivity index (χ2v) is 9.24. The summed E-state index contributed by atoms with van der Waals surface area (Å²) in [7, 11) is 1.65. The fourth-order valence-electron chi connectivity index (χ4n) is 5.66. The molecule has 6 nitrogen and oxygen atoms in total. The molecule has 0 amide bonds. The number of fused-ring (bicyclic) bond motifs is 3. The Morgan fingerprint density at radius 3 is 2.62 bits per heavy atom. The number of piperidine rings is 1. The fourth-order valence-corrected chi connectivity index (χ4v) is 5.66. The van der Waals surface area contributed by atoms with Crippen LogP contribution in [0.15, 0.2) is 52.1 Å². The van der Waals surface area contributed by atoms with E-state index in [0.29, 0.717) is 18.4 Å². The van der Waals surface area contributed by atoms with E-state index in [9.17, 15) is 18.8 Å². The smallest absolute Gasteiger partial charge is 0.305 e.